The number of hydrogen-bond donors (Lipinski definition) is 0. The van der Waals surface area contributed by atoms with Crippen LogP contribution in [0, 0.1) is 0 Å². The molecule has 0 N–H and O–H groups in total. The zero-order chi connectivity index (χ0) is 13.0. The normalized spacial score (nSPS) is 10.4. The van der Waals surface area contributed by atoms with E-state index < -0.39 is 0 Å². The molecule has 0 saturated carbocycles. The van der Waals surface area contributed by atoms with Gasteiger partial charge in [0.15, 0.2) is 4.73 Å². The number of halogens is 1. The number of methoxy groups -OCH3 is 1. The van der Waals surface area contributed by atoms with E-state index in [1.54, 1.807) is 7.11 Å². The molecule has 1 aromatic heterocycles. The fraction of sp³-hybridized carbons (Fsp3) is 0.308. The Hall–Kier alpha value is -1.49. The molecule has 0 radical (unpaired) electrons. The molecule has 0 spiro atoms. The summed E-state index contributed by atoms with van der Waals surface area (Å²) < 4.78 is 13.8. The van der Waals surface area contributed by atoms with Crippen LogP contribution in [0.3, 0.4) is 0 Å². The first-order chi connectivity index (χ1) is 8.74. The van der Waals surface area contributed by atoms with Gasteiger partial charge in [0, 0.05) is 12.6 Å². The quantitative estimate of drug-likeness (QED) is 0.850. The number of benzene rings is 1. The van der Waals surface area contributed by atoms with E-state index in [2.05, 4.69) is 32.4 Å². The topological polar surface area (TPSA) is 36.3 Å². The van der Waals surface area contributed by atoms with Gasteiger partial charge in [-0.25, -0.2) is 4.98 Å². The van der Waals surface area contributed by atoms with Gasteiger partial charge in [0.2, 0.25) is 0 Å². The average Bonchev–Trinajstić information content (AvgIpc) is 2.77. The molecule has 5 heteroatoms. The molecule has 0 saturated heterocycles. The Kier molecular flexibility index (Phi) is 4.25. The zero-order valence-corrected chi connectivity index (χ0v) is 12.0. The SMILES string of the molecule is CCn1c(COc2cccc(OC)c2)cnc1Br. The van der Waals surface area contributed by atoms with Crippen molar-refractivity contribution in [3.63, 3.8) is 0 Å². The summed E-state index contributed by atoms with van der Waals surface area (Å²) in [5.41, 5.74) is 1.03. The third-order valence-electron chi connectivity index (χ3n) is 2.63. The van der Waals surface area contributed by atoms with Crippen LogP contribution in [0.4, 0.5) is 0 Å². The van der Waals surface area contributed by atoms with Gasteiger partial charge in [-0.1, -0.05) is 6.07 Å². The monoisotopic (exact) mass is 310 g/mol. The van der Waals surface area contributed by atoms with Gasteiger partial charge in [-0.2, -0.15) is 0 Å². The Morgan fingerprint density at radius 2 is 2.11 bits per heavy atom. The van der Waals surface area contributed by atoms with Crippen LogP contribution in [-0.2, 0) is 13.2 Å². The van der Waals surface area contributed by atoms with Crippen LogP contribution in [0.15, 0.2) is 35.2 Å². The minimum absolute atomic E-state index is 0.486. The zero-order valence-electron chi connectivity index (χ0n) is 10.4. The van der Waals surface area contributed by atoms with Gasteiger partial charge in [0.1, 0.15) is 18.1 Å². The van der Waals surface area contributed by atoms with Crippen molar-refractivity contribution in [1.29, 1.82) is 0 Å². The molecule has 0 fully saturated rings. The van der Waals surface area contributed by atoms with Crippen LogP contribution in [-0.4, -0.2) is 16.7 Å². The molecule has 2 aromatic rings. The number of ether oxygens (including phenoxy) is 2. The van der Waals surface area contributed by atoms with Crippen LogP contribution in [0.2, 0.25) is 0 Å². The van der Waals surface area contributed by atoms with Gasteiger partial charge in [-0.3, -0.25) is 0 Å². The van der Waals surface area contributed by atoms with E-state index in [0.717, 1.165) is 28.5 Å². The summed E-state index contributed by atoms with van der Waals surface area (Å²) in [6.45, 7) is 3.42. The lowest BCUT2D eigenvalue weighted by Gasteiger charge is -2.09. The first-order valence-electron chi connectivity index (χ1n) is 5.71. The lowest BCUT2D eigenvalue weighted by atomic mass is 10.3. The number of rotatable bonds is 5. The van der Waals surface area contributed by atoms with Crippen LogP contribution < -0.4 is 9.47 Å². The molecule has 1 aromatic carbocycles. The molecule has 0 bridgehead atoms. The van der Waals surface area contributed by atoms with Crippen LogP contribution in [0.25, 0.3) is 0 Å². The second kappa shape index (κ2) is 5.91. The minimum atomic E-state index is 0.486. The molecule has 2 rings (SSSR count). The molecule has 96 valence electrons. The molecule has 1 heterocycles. The van der Waals surface area contributed by atoms with Crippen molar-refractivity contribution in [3.8, 4) is 11.5 Å². The highest BCUT2D eigenvalue weighted by Crippen LogP contribution is 2.20. The Morgan fingerprint density at radius 1 is 1.33 bits per heavy atom. The van der Waals surface area contributed by atoms with Crippen LogP contribution in [0.5, 0.6) is 11.5 Å². The summed E-state index contributed by atoms with van der Waals surface area (Å²) in [5, 5.41) is 0. The van der Waals surface area contributed by atoms with E-state index in [1.165, 1.54) is 0 Å². The van der Waals surface area contributed by atoms with E-state index in [-0.39, 0.29) is 0 Å². The summed E-state index contributed by atoms with van der Waals surface area (Å²) in [7, 11) is 1.64. The highest BCUT2D eigenvalue weighted by atomic mass is 79.9. The summed E-state index contributed by atoms with van der Waals surface area (Å²) in [6, 6.07) is 7.56. The van der Waals surface area contributed by atoms with Crippen molar-refractivity contribution in [2.75, 3.05) is 7.11 Å². The Bertz CT molecular complexity index is 525. The lowest BCUT2D eigenvalue weighted by molar-refractivity contribution is 0.293. The molecule has 0 atom stereocenters. The standard InChI is InChI=1S/C13H15BrN2O2/c1-3-16-10(8-15-13(16)14)9-18-12-6-4-5-11(7-12)17-2/h4-8H,3,9H2,1-2H3. The third-order valence-corrected chi connectivity index (χ3v) is 3.27. The first-order valence-corrected chi connectivity index (χ1v) is 6.50. The van der Waals surface area contributed by atoms with Crippen molar-refractivity contribution in [3.05, 3.63) is 40.9 Å². The molecule has 0 amide bonds. The van der Waals surface area contributed by atoms with Crippen LogP contribution in [0.1, 0.15) is 12.6 Å². The van der Waals surface area contributed by atoms with E-state index in [0.29, 0.717) is 6.61 Å². The molecule has 0 aliphatic heterocycles. The first kappa shape index (κ1) is 13.0. The van der Waals surface area contributed by atoms with Gasteiger partial charge < -0.3 is 14.0 Å². The number of imidazole rings is 1. The number of nitrogens with zero attached hydrogens (tertiary/aromatic N) is 2. The van der Waals surface area contributed by atoms with Crippen molar-refractivity contribution in [2.45, 2.75) is 20.1 Å². The van der Waals surface area contributed by atoms with Gasteiger partial charge in [-0.05, 0) is 35.0 Å². The predicted octanol–water partition coefficient (Wildman–Crippen LogP) is 3.25. The largest absolute Gasteiger partial charge is 0.497 e. The van der Waals surface area contributed by atoms with E-state index in [4.69, 9.17) is 9.47 Å². The molecular formula is C13H15BrN2O2. The van der Waals surface area contributed by atoms with Crippen molar-refractivity contribution < 1.29 is 9.47 Å². The minimum Gasteiger partial charge on any atom is -0.497 e. The third kappa shape index (κ3) is 2.85. The second-order valence-corrected chi connectivity index (χ2v) is 4.44. The van der Waals surface area contributed by atoms with Gasteiger partial charge >= 0.3 is 0 Å². The molecule has 0 aliphatic carbocycles. The van der Waals surface area contributed by atoms with Crippen molar-refractivity contribution in [2.24, 2.45) is 0 Å². The number of hydrogen-bond acceptors (Lipinski definition) is 3. The van der Waals surface area contributed by atoms with Crippen molar-refractivity contribution in [1.82, 2.24) is 9.55 Å². The lowest BCUT2D eigenvalue weighted by Crippen LogP contribution is -2.04. The predicted molar refractivity (Wildman–Crippen MR) is 72.9 cm³/mol. The number of aromatic nitrogens is 2. The van der Waals surface area contributed by atoms with Gasteiger partial charge in [0.05, 0.1) is 19.0 Å². The summed E-state index contributed by atoms with van der Waals surface area (Å²) in [5.74, 6) is 1.58. The highest BCUT2D eigenvalue weighted by molar-refractivity contribution is 9.10. The van der Waals surface area contributed by atoms with Gasteiger partial charge in [0.25, 0.3) is 0 Å². The summed E-state index contributed by atoms with van der Waals surface area (Å²) in [4.78, 5) is 4.21. The Labute approximate surface area is 115 Å². The maximum Gasteiger partial charge on any atom is 0.177 e. The molecule has 18 heavy (non-hydrogen) atoms. The average molecular weight is 311 g/mol. The molecular weight excluding hydrogens is 296 g/mol. The summed E-state index contributed by atoms with van der Waals surface area (Å²) >= 11 is 3.40. The smallest absolute Gasteiger partial charge is 0.177 e. The van der Waals surface area contributed by atoms with E-state index in [9.17, 15) is 0 Å². The molecule has 0 unspecified atom stereocenters. The Balaban J connectivity index is 2.06. The molecule has 0 aliphatic rings. The highest BCUT2D eigenvalue weighted by Gasteiger charge is 2.06. The maximum atomic E-state index is 5.73. The fourth-order valence-corrected chi connectivity index (χ4v) is 2.26. The second-order valence-electron chi connectivity index (χ2n) is 3.73. The molecule has 4 nitrogen and oxygen atoms in total. The van der Waals surface area contributed by atoms with Crippen molar-refractivity contribution >= 4 is 15.9 Å². The maximum absolute atomic E-state index is 5.73. The van der Waals surface area contributed by atoms with Gasteiger partial charge in [-0.15, -0.1) is 0 Å². The van der Waals surface area contributed by atoms with E-state index in [1.807, 2.05) is 30.5 Å². The summed E-state index contributed by atoms with van der Waals surface area (Å²) in [6.07, 6.45) is 1.81. The van der Waals surface area contributed by atoms with E-state index >= 15 is 0 Å². The van der Waals surface area contributed by atoms with Crippen LogP contribution >= 0.6 is 15.9 Å². The fourth-order valence-electron chi connectivity index (χ4n) is 1.68. The Morgan fingerprint density at radius 3 is 2.83 bits per heavy atom.